The van der Waals surface area contributed by atoms with E-state index >= 15 is 0 Å². The van der Waals surface area contributed by atoms with Gasteiger partial charge < -0.3 is 4.74 Å². The van der Waals surface area contributed by atoms with Crippen molar-refractivity contribution in [2.24, 2.45) is 16.0 Å². The Hall–Kier alpha value is -0.130. The highest BCUT2D eigenvalue weighted by Crippen LogP contribution is 2.28. The lowest BCUT2D eigenvalue weighted by atomic mass is 9.85. The van der Waals surface area contributed by atoms with Crippen LogP contribution in [-0.4, -0.2) is 27.4 Å². The molecule has 0 rings (SSSR count). The minimum absolute atomic E-state index is 0.00250. The molecular weight excluding hydrogens is 250 g/mol. The molecule has 0 radical (unpaired) electrons. The van der Waals surface area contributed by atoms with E-state index < -0.39 is 10.0 Å². The third kappa shape index (κ3) is 8.06. The van der Waals surface area contributed by atoms with E-state index in [9.17, 15) is 8.42 Å². The zero-order valence-corrected chi connectivity index (χ0v) is 13.3. The second-order valence-electron chi connectivity index (χ2n) is 6.38. The van der Waals surface area contributed by atoms with E-state index in [-0.39, 0.29) is 16.6 Å². The van der Waals surface area contributed by atoms with Gasteiger partial charge in [0.25, 0.3) is 0 Å². The summed E-state index contributed by atoms with van der Waals surface area (Å²) < 4.78 is 28.2. The Morgan fingerprint density at radius 3 is 1.94 bits per heavy atom. The summed E-state index contributed by atoms with van der Waals surface area (Å²) in [5, 5.41) is 5.16. The molecule has 0 saturated heterocycles. The van der Waals surface area contributed by atoms with Crippen molar-refractivity contribution < 1.29 is 13.2 Å². The Morgan fingerprint density at radius 2 is 1.61 bits per heavy atom. The first-order chi connectivity index (χ1) is 8.04. The van der Waals surface area contributed by atoms with Crippen molar-refractivity contribution in [2.45, 2.75) is 53.9 Å². The van der Waals surface area contributed by atoms with Gasteiger partial charge >= 0.3 is 0 Å². The Morgan fingerprint density at radius 1 is 1.11 bits per heavy atom. The van der Waals surface area contributed by atoms with Crippen LogP contribution in [0.3, 0.4) is 0 Å². The molecule has 0 aliphatic rings. The van der Waals surface area contributed by atoms with Crippen molar-refractivity contribution in [3.63, 3.8) is 0 Å². The number of nitrogens with two attached hydrogens (primary N) is 1. The summed E-state index contributed by atoms with van der Waals surface area (Å²) in [5.41, 5.74) is -0.105. The molecule has 0 aromatic heterocycles. The second kappa shape index (κ2) is 6.87. The van der Waals surface area contributed by atoms with Crippen molar-refractivity contribution in [1.82, 2.24) is 0 Å². The van der Waals surface area contributed by atoms with Crippen molar-refractivity contribution in [3.8, 4) is 0 Å². The molecular formula is C13H29NO3S. The van der Waals surface area contributed by atoms with Gasteiger partial charge in [-0.2, -0.15) is 0 Å². The molecule has 0 amide bonds. The number of primary sulfonamides is 1. The van der Waals surface area contributed by atoms with Gasteiger partial charge in [-0.3, -0.25) is 0 Å². The van der Waals surface area contributed by atoms with E-state index in [1.807, 2.05) is 13.8 Å². The standard InChI is InChI=1S/C13H29NO3S/c1-6-13(7-2,11-18(14,15)16)10-17-9-8-12(3,4)5/h6-11H2,1-5H3,(H2,14,15,16). The average Bonchev–Trinajstić information content (AvgIpc) is 2.19. The summed E-state index contributed by atoms with van der Waals surface area (Å²) >= 11 is 0. The molecule has 0 fully saturated rings. The minimum Gasteiger partial charge on any atom is -0.381 e. The maximum absolute atomic E-state index is 11.3. The Kier molecular flexibility index (Phi) is 6.82. The molecule has 110 valence electrons. The van der Waals surface area contributed by atoms with E-state index in [4.69, 9.17) is 9.88 Å². The quantitative estimate of drug-likeness (QED) is 0.694. The monoisotopic (exact) mass is 279 g/mol. The number of sulfonamides is 1. The van der Waals surface area contributed by atoms with Crippen LogP contribution >= 0.6 is 0 Å². The second-order valence-corrected chi connectivity index (χ2v) is 7.99. The maximum Gasteiger partial charge on any atom is 0.209 e. The molecule has 0 spiro atoms. The van der Waals surface area contributed by atoms with Crippen LogP contribution in [-0.2, 0) is 14.8 Å². The number of rotatable bonds is 8. The lowest BCUT2D eigenvalue weighted by Gasteiger charge is -2.31. The lowest BCUT2D eigenvalue weighted by Crippen LogP contribution is -2.37. The fourth-order valence-electron chi connectivity index (χ4n) is 1.79. The first-order valence-electron chi connectivity index (χ1n) is 6.62. The van der Waals surface area contributed by atoms with E-state index in [0.29, 0.717) is 13.2 Å². The van der Waals surface area contributed by atoms with Crippen LogP contribution in [0.1, 0.15) is 53.9 Å². The molecule has 4 nitrogen and oxygen atoms in total. The van der Waals surface area contributed by atoms with E-state index in [2.05, 4.69) is 20.8 Å². The molecule has 0 unspecified atom stereocenters. The third-order valence-electron chi connectivity index (χ3n) is 3.41. The summed E-state index contributed by atoms with van der Waals surface area (Å²) in [4.78, 5) is 0. The molecule has 5 heteroatoms. The summed E-state index contributed by atoms with van der Waals surface area (Å²) in [6.07, 6.45) is 2.48. The van der Waals surface area contributed by atoms with Crippen molar-refractivity contribution in [2.75, 3.05) is 19.0 Å². The Balaban J connectivity index is 4.36. The van der Waals surface area contributed by atoms with Crippen LogP contribution in [0.4, 0.5) is 0 Å². The van der Waals surface area contributed by atoms with E-state index in [1.54, 1.807) is 0 Å². The fraction of sp³-hybridized carbons (Fsp3) is 1.00. The van der Waals surface area contributed by atoms with Crippen LogP contribution in [0, 0.1) is 10.8 Å². The lowest BCUT2D eigenvalue weighted by molar-refractivity contribution is 0.0373. The molecule has 0 saturated carbocycles. The molecule has 0 atom stereocenters. The van der Waals surface area contributed by atoms with Gasteiger partial charge in [-0.15, -0.1) is 0 Å². The predicted octanol–water partition coefficient (Wildman–Crippen LogP) is 2.53. The molecule has 0 heterocycles. The first kappa shape index (κ1) is 17.9. The molecule has 0 aliphatic heterocycles. The Labute approximate surface area is 112 Å². The average molecular weight is 279 g/mol. The van der Waals surface area contributed by atoms with Crippen LogP contribution < -0.4 is 5.14 Å². The molecule has 0 aliphatic carbocycles. The van der Waals surface area contributed by atoms with Crippen molar-refractivity contribution >= 4 is 10.0 Å². The van der Waals surface area contributed by atoms with Crippen LogP contribution in [0.15, 0.2) is 0 Å². The number of ether oxygens (including phenoxy) is 1. The molecule has 2 N–H and O–H groups in total. The molecule has 0 bridgehead atoms. The van der Waals surface area contributed by atoms with E-state index in [0.717, 1.165) is 19.3 Å². The minimum atomic E-state index is -3.45. The predicted molar refractivity (Wildman–Crippen MR) is 75.9 cm³/mol. The maximum atomic E-state index is 11.3. The van der Waals surface area contributed by atoms with E-state index in [1.165, 1.54) is 0 Å². The summed E-state index contributed by atoms with van der Waals surface area (Å²) in [6.45, 7) is 11.6. The van der Waals surface area contributed by atoms with Gasteiger partial charge in [0.2, 0.25) is 10.0 Å². The first-order valence-corrected chi connectivity index (χ1v) is 8.33. The highest BCUT2D eigenvalue weighted by Gasteiger charge is 2.31. The van der Waals surface area contributed by atoms with Gasteiger partial charge in [0.1, 0.15) is 0 Å². The SMILES string of the molecule is CCC(CC)(COCCC(C)(C)C)CS(N)(=O)=O. The molecule has 18 heavy (non-hydrogen) atoms. The zero-order valence-electron chi connectivity index (χ0n) is 12.5. The topological polar surface area (TPSA) is 69.4 Å². The zero-order chi connectivity index (χ0) is 14.4. The number of hydrogen-bond donors (Lipinski definition) is 1. The summed E-state index contributed by atoms with van der Waals surface area (Å²) in [6, 6.07) is 0. The van der Waals surface area contributed by atoms with Gasteiger partial charge in [-0.1, -0.05) is 34.6 Å². The summed E-state index contributed by atoms with van der Waals surface area (Å²) in [7, 11) is -3.45. The van der Waals surface area contributed by atoms with Crippen LogP contribution in [0.5, 0.6) is 0 Å². The van der Waals surface area contributed by atoms with Crippen molar-refractivity contribution in [3.05, 3.63) is 0 Å². The fourth-order valence-corrected chi connectivity index (χ4v) is 3.14. The van der Waals surface area contributed by atoms with Gasteiger partial charge in [0.05, 0.1) is 12.4 Å². The highest BCUT2D eigenvalue weighted by atomic mass is 32.2. The normalized spacial score (nSPS) is 13.9. The number of hydrogen-bond acceptors (Lipinski definition) is 3. The highest BCUT2D eigenvalue weighted by molar-refractivity contribution is 7.89. The van der Waals surface area contributed by atoms with Crippen LogP contribution in [0.25, 0.3) is 0 Å². The smallest absolute Gasteiger partial charge is 0.209 e. The molecule has 0 aromatic rings. The third-order valence-corrected chi connectivity index (χ3v) is 4.43. The largest absolute Gasteiger partial charge is 0.381 e. The van der Waals surface area contributed by atoms with Gasteiger partial charge in [-0.05, 0) is 24.7 Å². The van der Waals surface area contributed by atoms with Crippen molar-refractivity contribution in [1.29, 1.82) is 0 Å². The molecule has 0 aromatic carbocycles. The summed E-state index contributed by atoms with van der Waals surface area (Å²) in [5.74, 6) is 0.00250. The Bertz CT molecular complexity index is 327. The van der Waals surface area contributed by atoms with Gasteiger partial charge in [0, 0.05) is 12.0 Å². The van der Waals surface area contributed by atoms with Gasteiger partial charge in [-0.25, -0.2) is 13.6 Å². The van der Waals surface area contributed by atoms with Gasteiger partial charge in [0.15, 0.2) is 0 Å². The van der Waals surface area contributed by atoms with Crippen LogP contribution in [0.2, 0.25) is 0 Å².